The number of halogens is 1. The van der Waals surface area contributed by atoms with Crippen LogP contribution in [0.25, 0.3) is 0 Å². The third kappa shape index (κ3) is 3.67. The van der Waals surface area contributed by atoms with Gasteiger partial charge in [0.05, 0.1) is 41.5 Å². The second-order valence-corrected chi connectivity index (χ2v) is 10.8. The van der Waals surface area contributed by atoms with Gasteiger partial charge in [0.15, 0.2) is 0 Å². The molecule has 0 unspecified atom stereocenters. The molecule has 0 aliphatic heterocycles. The summed E-state index contributed by atoms with van der Waals surface area (Å²) < 4.78 is 11.2. The Morgan fingerprint density at radius 1 is 0.610 bits per heavy atom. The van der Waals surface area contributed by atoms with Crippen molar-refractivity contribution < 1.29 is 39.5 Å². The Kier molecular flexibility index (Phi) is 5.94. The lowest BCUT2D eigenvalue weighted by molar-refractivity contribution is 0.101. The first kappa shape index (κ1) is 26.5. The molecule has 208 valence electrons. The summed E-state index contributed by atoms with van der Waals surface area (Å²) in [5.41, 5.74) is 3.18. The van der Waals surface area contributed by atoms with Gasteiger partial charge in [-0.05, 0) is 65.4 Å². The average Bonchev–Trinajstić information content (AvgIpc) is 2.90. The Morgan fingerprint density at radius 2 is 1.10 bits per heavy atom. The first-order valence-corrected chi connectivity index (χ1v) is 13.1. The van der Waals surface area contributed by atoms with Gasteiger partial charge in [0, 0.05) is 24.0 Å². The molecule has 0 saturated carbocycles. The van der Waals surface area contributed by atoms with E-state index < -0.39 is 40.7 Å². The number of phenols is 4. The smallest absolute Gasteiger partial charge is 0.201 e. The number of ether oxygens (including phenoxy) is 2. The van der Waals surface area contributed by atoms with Crippen molar-refractivity contribution >= 4 is 23.2 Å². The number of carbonyl (C=O) groups is 2. The lowest BCUT2D eigenvalue weighted by Crippen LogP contribution is -2.30. The van der Waals surface area contributed by atoms with Crippen molar-refractivity contribution in [2.45, 2.75) is 25.7 Å². The lowest BCUT2D eigenvalue weighted by Gasteiger charge is -2.39. The highest BCUT2D eigenvalue weighted by atomic mass is 35.5. The van der Waals surface area contributed by atoms with E-state index in [0.717, 1.165) is 23.3 Å². The van der Waals surface area contributed by atoms with Gasteiger partial charge in [0.1, 0.15) is 34.5 Å². The Bertz CT molecular complexity index is 1840. The molecule has 9 heteroatoms. The highest BCUT2D eigenvalue weighted by molar-refractivity contribution is 6.34. The maximum Gasteiger partial charge on any atom is 0.201 e. The molecule has 4 aromatic carbocycles. The Morgan fingerprint density at radius 3 is 1.66 bits per heavy atom. The number of methoxy groups -OCH3 is 2. The number of ketones is 2. The topological polar surface area (TPSA) is 134 Å². The van der Waals surface area contributed by atoms with E-state index in [1.54, 1.807) is 18.2 Å². The van der Waals surface area contributed by atoms with E-state index >= 15 is 0 Å². The third-order valence-corrected chi connectivity index (χ3v) is 8.34. The molecule has 0 bridgehead atoms. The zero-order valence-electron chi connectivity index (χ0n) is 22.5. The van der Waals surface area contributed by atoms with Gasteiger partial charge < -0.3 is 29.9 Å². The molecule has 4 N–H and O–H groups in total. The molecular weight excluding hydrogens is 548 g/mol. The summed E-state index contributed by atoms with van der Waals surface area (Å²) in [6.07, 6.45) is 0. The highest BCUT2D eigenvalue weighted by Crippen LogP contribution is 2.58. The molecule has 6 rings (SSSR count). The standard InChI is InChI=1S/C32H25ClO8/c1-12-5-15-23(17-9-14(34)10-18(35)24(17)31(38)25(15)21(7-12)40-3)27-16-6-13(2)8-22(41-4)26(16)32(39)28-19(36)11-20(37)30(33)29(27)28/h5-11,23,27,34-37H,1-4H3/t23-,27+/m0/s1. The Labute approximate surface area is 240 Å². The minimum absolute atomic E-state index is 0.0393. The van der Waals surface area contributed by atoms with E-state index in [1.807, 2.05) is 19.9 Å². The number of rotatable bonds is 3. The Hall–Kier alpha value is -4.69. The van der Waals surface area contributed by atoms with Crippen LogP contribution in [0.3, 0.4) is 0 Å². The number of hydrogen-bond donors (Lipinski definition) is 4. The van der Waals surface area contributed by atoms with Crippen molar-refractivity contribution in [3.63, 3.8) is 0 Å². The predicted octanol–water partition coefficient (Wildman–Crippen LogP) is 5.85. The van der Waals surface area contributed by atoms with Crippen molar-refractivity contribution in [2.24, 2.45) is 0 Å². The van der Waals surface area contributed by atoms with E-state index in [9.17, 15) is 30.0 Å². The molecule has 0 spiro atoms. The maximum absolute atomic E-state index is 14.0. The number of fused-ring (bicyclic) bond motifs is 4. The summed E-state index contributed by atoms with van der Waals surface area (Å²) in [6, 6.07) is 10.5. The third-order valence-electron chi connectivity index (χ3n) is 7.94. The van der Waals surface area contributed by atoms with Gasteiger partial charge >= 0.3 is 0 Å². The molecule has 0 fully saturated rings. The van der Waals surface area contributed by atoms with Crippen molar-refractivity contribution in [3.8, 4) is 34.5 Å². The first-order valence-electron chi connectivity index (χ1n) is 12.7. The van der Waals surface area contributed by atoms with Crippen molar-refractivity contribution in [1.29, 1.82) is 0 Å². The maximum atomic E-state index is 14.0. The molecule has 0 amide bonds. The van der Waals surface area contributed by atoms with Gasteiger partial charge in [-0.15, -0.1) is 0 Å². The van der Waals surface area contributed by atoms with Gasteiger partial charge in [0.2, 0.25) is 11.6 Å². The van der Waals surface area contributed by atoms with E-state index in [2.05, 4.69) is 0 Å². The summed E-state index contributed by atoms with van der Waals surface area (Å²) in [5, 5.41) is 43.2. The van der Waals surface area contributed by atoms with Crippen LogP contribution in [0.2, 0.25) is 5.02 Å². The minimum atomic E-state index is -0.893. The first-order chi connectivity index (χ1) is 19.5. The van der Waals surface area contributed by atoms with Crippen LogP contribution in [0.15, 0.2) is 42.5 Å². The van der Waals surface area contributed by atoms with Crippen LogP contribution in [0.1, 0.15) is 77.1 Å². The van der Waals surface area contributed by atoms with Crippen LogP contribution in [-0.2, 0) is 0 Å². The molecule has 41 heavy (non-hydrogen) atoms. The van der Waals surface area contributed by atoms with Gasteiger partial charge in [-0.25, -0.2) is 0 Å². The molecule has 0 heterocycles. The number of aryl methyl sites for hydroxylation is 2. The van der Waals surface area contributed by atoms with Crippen LogP contribution in [0.4, 0.5) is 0 Å². The van der Waals surface area contributed by atoms with Gasteiger partial charge in [0.25, 0.3) is 0 Å². The molecule has 0 saturated heterocycles. The summed E-state index contributed by atoms with van der Waals surface area (Å²) >= 11 is 6.74. The zero-order valence-corrected chi connectivity index (χ0v) is 23.3. The molecule has 0 aromatic heterocycles. The second kappa shape index (κ2) is 9.17. The summed E-state index contributed by atoms with van der Waals surface area (Å²) in [6.45, 7) is 3.67. The van der Waals surface area contributed by atoms with E-state index in [0.29, 0.717) is 11.1 Å². The number of aromatic hydroxyl groups is 4. The second-order valence-electron chi connectivity index (χ2n) is 10.4. The molecule has 8 nitrogen and oxygen atoms in total. The van der Waals surface area contributed by atoms with Crippen molar-refractivity contribution in [3.05, 3.63) is 103 Å². The zero-order chi connectivity index (χ0) is 29.5. The van der Waals surface area contributed by atoms with Crippen molar-refractivity contribution in [1.82, 2.24) is 0 Å². The lowest BCUT2D eigenvalue weighted by atomic mass is 9.63. The normalized spacial score (nSPS) is 16.9. The molecule has 2 atom stereocenters. The highest BCUT2D eigenvalue weighted by Gasteiger charge is 2.47. The van der Waals surface area contributed by atoms with Gasteiger partial charge in [-0.2, -0.15) is 0 Å². The Balaban J connectivity index is 1.83. The van der Waals surface area contributed by atoms with E-state index in [-0.39, 0.29) is 55.7 Å². The largest absolute Gasteiger partial charge is 0.508 e. The fraction of sp³-hybridized carbons (Fsp3) is 0.188. The van der Waals surface area contributed by atoms with E-state index in [1.165, 1.54) is 20.3 Å². The molecule has 0 radical (unpaired) electrons. The monoisotopic (exact) mass is 572 g/mol. The summed E-state index contributed by atoms with van der Waals surface area (Å²) in [7, 11) is 2.87. The SMILES string of the molecule is COc1cc(C)cc2c1C(=O)c1c(O)cc(O)cc1[C@H]2[C@H]1c2cc(C)cc(OC)c2C(=O)c2c(O)cc(O)c(Cl)c21. The molecule has 2 aliphatic carbocycles. The van der Waals surface area contributed by atoms with E-state index in [4.69, 9.17) is 21.1 Å². The average molecular weight is 573 g/mol. The molecule has 2 aliphatic rings. The van der Waals surface area contributed by atoms with Gasteiger partial charge in [-0.1, -0.05) is 23.7 Å². The summed E-state index contributed by atoms with van der Waals surface area (Å²) in [5.74, 6) is -3.84. The fourth-order valence-corrected chi connectivity index (χ4v) is 6.71. The van der Waals surface area contributed by atoms with Crippen LogP contribution < -0.4 is 9.47 Å². The number of phenolic OH excluding ortho intramolecular Hbond substituents is 4. The number of hydrogen-bond acceptors (Lipinski definition) is 8. The van der Waals surface area contributed by atoms with Crippen LogP contribution >= 0.6 is 11.6 Å². The van der Waals surface area contributed by atoms with Crippen LogP contribution in [0.5, 0.6) is 34.5 Å². The quantitative estimate of drug-likeness (QED) is 0.240. The number of carbonyl (C=O) groups excluding carboxylic acids is 2. The molecule has 4 aromatic rings. The van der Waals surface area contributed by atoms with Crippen LogP contribution in [0, 0.1) is 13.8 Å². The molecular formula is C32H25ClO8. The minimum Gasteiger partial charge on any atom is -0.508 e. The number of benzene rings is 4. The van der Waals surface area contributed by atoms with Crippen molar-refractivity contribution in [2.75, 3.05) is 14.2 Å². The summed E-state index contributed by atoms with van der Waals surface area (Å²) in [4.78, 5) is 27.9. The van der Waals surface area contributed by atoms with Crippen LogP contribution in [-0.4, -0.2) is 46.2 Å². The predicted molar refractivity (Wildman–Crippen MR) is 151 cm³/mol. The fourth-order valence-electron chi connectivity index (χ4n) is 6.44. The van der Waals surface area contributed by atoms with Gasteiger partial charge in [-0.3, -0.25) is 9.59 Å².